The molecule has 1 aromatic rings. The summed E-state index contributed by atoms with van der Waals surface area (Å²) in [5.74, 6) is 0.728. The lowest BCUT2D eigenvalue weighted by atomic mass is 10.0. The maximum Gasteiger partial charge on any atom is -0.00318 e. The Hall–Kier alpha value is -1.30. The Morgan fingerprint density at radius 2 is 1.93 bits per heavy atom. The predicted octanol–water partition coefficient (Wildman–Crippen LogP) is 4.39. The van der Waals surface area contributed by atoms with Crippen LogP contribution in [-0.4, -0.2) is 0 Å². The Morgan fingerprint density at radius 1 is 1.27 bits per heavy atom. The molecule has 0 spiro atoms. The van der Waals surface area contributed by atoms with Gasteiger partial charge in [0, 0.05) is 0 Å². The van der Waals surface area contributed by atoms with Crippen LogP contribution in [0.2, 0.25) is 0 Å². The Bertz CT molecular complexity index is 317. The Labute approximate surface area is 93.3 Å². The van der Waals surface area contributed by atoms with Crippen molar-refractivity contribution in [2.75, 3.05) is 0 Å². The Balaban J connectivity index is 2.40. The summed E-state index contributed by atoms with van der Waals surface area (Å²) >= 11 is 0. The van der Waals surface area contributed by atoms with E-state index in [0.29, 0.717) is 0 Å². The van der Waals surface area contributed by atoms with E-state index in [1.165, 1.54) is 11.1 Å². The van der Waals surface area contributed by atoms with Gasteiger partial charge in [0.1, 0.15) is 0 Å². The highest BCUT2D eigenvalue weighted by Gasteiger charge is 1.93. The average molecular weight is 200 g/mol. The second kappa shape index (κ2) is 6.23. The van der Waals surface area contributed by atoms with E-state index in [1.54, 1.807) is 0 Å². The standard InChI is InChI=1S/C15H20/c1-13(2)8-7-9-14(3)12-15-10-5-4-6-11-15/h4-7,9-11,13H,3,8,12H2,1-2H3/b9-7+. The Kier molecular flexibility index (Phi) is 4.89. The summed E-state index contributed by atoms with van der Waals surface area (Å²) < 4.78 is 0. The molecule has 1 aromatic carbocycles. The van der Waals surface area contributed by atoms with Gasteiger partial charge in [-0.25, -0.2) is 0 Å². The largest absolute Gasteiger partial charge is 0.0955 e. The normalized spacial score (nSPS) is 11.1. The molecule has 0 heterocycles. The lowest BCUT2D eigenvalue weighted by Crippen LogP contribution is -1.86. The third-order valence-electron chi connectivity index (χ3n) is 2.24. The summed E-state index contributed by atoms with van der Waals surface area (Å²) in [5, 5.41) is 0. The van der Waals surface area contributed by atoms with Gasteiger partial charge in [0.05, 0.1) is 0 Å². The van der Waals surface area contributed by atoms with Gasteiger partial charge in [0.2, 0.25) is 0 Å². The first kappa shape index (κ1) is 11.8. The second-order valence-electron chi connectivity index (χ2n) is 4.35. The van der Waals surface area contributed by atoms with Crippen LogP contribution in [0.25, 0.3) is 0 Å². The molecule has 0 heteroatoms. The third kappa shape index (κ3) is 5.21. The molecule has 0 aliphatic heterocycles. The first-order chi connectivity index (χ1) is 7.18. The van der Waals surface area contributed by atoms with Gasteiger partial charge in [0.25, 0.3) is 0 Å². The zero-order chi connectivity index (χ0) is 11.1. The summed E-state index contributed by atoms with van der Waals surface area (Å²) in [5.41, 5.74) is 2.51. The summed E-state index contributed by atoms with van der Waals surface area (Å²) in [6, 6.07) is 10.5. The van der Waals surface area contributed by atoms with Gasteiger partial charge in [-0.3, -0.25) is 0 Å². The van der Waals surface area contributed by atoms with Crippen molar-refractivity contribution < 1.29 is 0 Å². The highest BCUT2D eigenvalue weighted by Crippen LogP contribution is 2.08. The quantitative estimate of drug-likeness (QED) is 0.618. The maximum atomic E-state index is 4.06. The molecule has 0 bridgehead atoms. The number of rotatable bonds is 5. The van der Waals surface area contributed by atoms with E-state index in [9.17, 15) is 0 Å². The van der Waals surface area contributed by atoms with E-state index in [1.807, 2.05) is 6.07 Å². The Morgan fingerprint density at radius 3 is 2.53 bits per heavy atom. The highest BCUT2D eigenvalue weighted by molar-refractivity contribution is 5.26. The fraction of sp³-hybridized carbons (Fsp3) is 0.333. The van der Waals surface area contributed by atoms with E-state index < -0.39 is 0 Å². The molecule has 0 aliphatic rings. The number of hydrogen-bond acceptors (Lipinski definition) is 0. The zero-order valence-electron chi connectivity index (χ0n) is 9.74. The molecule has 0 nitrogen and oxygen atoms in total. The summed E-state index contributed by atoms with van der Waals surface area (Å²) in [7, 11) is 0. The van der Waals surface area contributed by atoms with Gasteiger partial charge >= 0.3 is 0 Å². The van der Waals surface area contributed by atoms with Crippen molar-refractivity contribution in [3.05, 3.63) is 60.2 Å². The molecule has 80 valence electrons. The van der Waals surface area contributed by atoms with Crippen molar-refractivity contribution >= 4 is 0 Å². The molecule has 0 aromatic heterocycles. The molecule has 0 saturated heterocycles. The average Bonchev–Trinajstić information content (AvgIpc) is 2.18. The van der Waals surface area contributed by atoms with Crippen LogP contribution in [0.1, 0.15) is 25.8 Å². The minimum atomic E-state index is 0.728. The van der Waals surface area contributed by atoms with Crippen LogP contribution >= 0.6 is 0 Å². The molecular weight excluding hydrogens is 180 g/mol. The van der Waals surface area contributed by atoms with Crippen LogP contribution in [0.15, 0.2) is 54.6 Å². The molecule has 0 atom stereocenters. The molecule has 0 aliphatic carbocycles. The van der Waals surface area contributed by atoms with Crippen molar-refractivity contribution in [2.45, 2.75) is 26.7 Å². The van der Waals surface area contributed by atoms with Gasteiger partial charge < -0.3 is 0 Å². The molecular formula is C15H20. The van der Waals surface area contributed by atoms with Gasteiger partial charge in [-0.2, -0.15) is 0 Å². The first-order valence-electron chi connectivity index (χ1n) is 5.56. The van der Waals surface area contributed by atoms with Crippen LogP contribution in [-0.2, 0) is 6.42 Å². The maximum absolute atomic E-state index is 4.06. The summed E-state index contributed by atoms with van der Waals surface area (Å²) in [4.78, 5) is 0. The molecule has 0 radical (unpaired) electrons. The van der Waals surface area contributed by atoms with E-state index in [2.05, 4.69) is 56.8 Å². The molecule has 0 saturated carbocycles. The molecule has 0 amide bonds. The van der Waals surface area contributed by atoms with E-state index in [-0.39, 0.29) is 0 Å². The van der Waals surface area contributed by atoms with Crippen molar-refractivity contribution in [3.8, 4) is 0 Å². The van der Waals surface area contributed by atoms with Crippen molar-refractivity contribution in [1.82, 2.24) is 0 Å². The van der Waals surface area contributed by atoms with Crippen molar-refractivity contribution in [3.63, 3.8) is 0 Å². The zero-order valence-corrected chi connectivity index (χ0v) is 9.74. The fourth-order valence-electron chi connectivity index (χ4n) is 1.42. The van der Waals surface area contributed by atoms with Crippen LogP contribution in [0, 0.1) is 5.92 Å². The number of allylic oxidation sites excluding steroid dienone is 3. The monoisotopic (exact) mass is 200 g/mol. The van der Waals surface area contributed by atoms with E-state index in [0.717, 1.165) is 18.8 Å². The van der Waals surface area contributed by atoms with Gasteiger partial charge in [-0.05, 0) is 24.3 Å². The van der Waals surface area contributed by atoms with Crippen LogP contribution in [0.5, 0.6) is 0 Å². The molecule has 15 heavy (non-hydrogen) atoms. The molecule has 0 fully saturated rings. The summed E-state index contributed by atoms with van der Waals surface area (Å²) in [6.45, 7) is 8.51. The third-order valence-corrected chi connectivity index (χ3v) is 2.24. The minimum absolute atomic E-state index is 0.728. The first-order valence-corrected chi connectivity index (χ1v) is 5.56. The van der Waals surface area contributed by atoms with Crippen LogP contribution in [0.3, 0.4) is 0 Å². The van der Waals surface area contributed by atoms with Crippen LogP contribution in [0.4, 0.5) is 0 Å². The summed E-state index contributed by atoms with van der Waals surface area (Å²) in [6.07, 6.45) is 6.45. The topological polar surface area (TPSA) is 0 Å². The van der Waals surface area contributed by atoms with Gasteiger partial charge in [-0.1, -0.05) is 68.5 Å². The highest BCUT2D eigenvalue weighted by atomic mass is 14.0. The molecule has 0 N–H and O–H groups in total. The fourth-order valence-corrected chi connectivity index (χ4v) is 1.42. The second-order valence-corrected chi connectivity index (χ2v) is 4.35. The smallest absolute Gasteiger partial charge is 0.00318 e. The van der Waals surface area contributed by atoms with E-state index in [4.69, 9.17) is 0 Å². The number of benzene rings is 1. The lowest BCUT2D eigenvalue weighted by Gasteiger charge is -2.01. The molecule has 0 unspecified atom stereocenters. The SMILES string of the molecule is C=C(/C=C/CC(C)C)Cc1ccccc1. The van der Waals surface area contributed by atoms with Gasteiger partial charge in [-0.15, -0.1) is 0 Å². The minimum Gasteiger partial charge on any atom is -0.0955 e. The van der Waals surface area contributed by atoms with Crippen LogP contribution < -0.4 is 0 Å². The van der Waals surface area contributed by atoms with Crippen molar-refractivity contribution in [1.29, 1.82) is 0 Å². The number of hydrogen-bond donors (Lipinski definition) is 0. The van der Waals surface area contributed by atoms with Gasteiger partial charge in [0.15, 0.2) is 0 Å². The molecule has 1 rings (SSSR count). The van der Waals surface area contributed by atoms with Crippen molar-refractivity contribution in [2.24, 2.45) is 5.92 Å². The lowest BCUT2D eigenvalue weighted by molar-refractivity contribution is 0.663. The van der Waals surface area contributed by atoms with E-state index >= 15 is 0 Å². The predicted molar refractivity (Wildman–Crippen MR) is 67.9 cm³/mol.